The number of aryl methyl sites for hydroxylation is 1. The molecule has 0 spiro atoms. The lowest BCUT2D eigenvalue weighted by Gasteiger charge is -2.16. The van der Waals surface area contributed by atoms with Gasteiger partial charge in [0.1, 0.15) is 0 Å². The van der Waals surface area contributed by atoms with Crippen LogP contribution in [0.2, 0.25) is 0 Å². The zero-order valence-electron chi connectivity index (χ0n) is 12.7. The quantitative estimate of drug-likeness (QED) is 0.880. The van der Waals surface area contributed by atoms with E-state index >= 15 is 0 Å². The van der Waals surface area contributed by atoms with Crippen molar-refractivity contribution in [2.75, 3.05) is 18.9 Å². The van der Waals surface area contributed by atoms with Gasteiger partial charge in [-0.1, -0.05) is 42.5 Å². The molecule has 0 fully saturated rings. The SMILES string of the molecule is Cc1cccc(NC(=O)CCN(C)Cc2ccccc2)c1. The lowest BCUT2D eigenvalue weighted by atomic mass is 10.2. The molecule has 0 atom stereocenters. The Morgan fingerprint density at radius 2 is 1.86 bits per heavy atom. The van der Waals surface area contributed by atoms with E-state index in [0.29, 0.717) is 6.42 Å². The summed E-state index contributed by atoms with van der Waals surface area (Å²) in [5.74, 6) is 0.0560. The number of anilines is 1. The number of hydrogen-bond acceptors (Lipinski definition) is 2. The first-order valence-corrected chi connectivity index (χ1v) is 7.22. The molecule has 2 aromatic carbocycles. The fourth-order valence-corrected chi connectivity index (χ4v) is 2.21. The molecule has 0 aromatic heterocycles. The maximum Gasteiger partial charge on any atom is 0.225 e. The van der Waals surface area contributed by atoms with Gasteiger partial charge in [0.2, 0.25) is 5.91 Å². The topological polar surface area (TPSA) is 32.3 Å². The Labute approximate surface area is 126 Å². The van der Waals surface area contributed by atoms with Gasteiger partial charge in [0, 0.05) is 25.2 Å². The van der Waals surface area contributed by atoms with Gasteiger partial charge in [-0.05, 0) is 37.2 Å². The predicted molar refractivity (Wildman–Crippen MR) is 87.2 cm³/mol. The minimum Gasteiger partial charge on any atom is -0.326 e. The number of nitrogens with one attached hydrogen (secondary N) is 1. The summed E-state index contributed by atoms with van der Waals surface area (Å²) in [4.78, 5) is 14.1. The summed E-state index contributed by atoms with van der Waals surface area (Å²) in [7, 11) is 2.03. The standard InChI is InChI=1S/C18H22N2O/c1-15-7-6-10-17(13-15)19-18(21)11-12-20(2)14-16-8-4-3-5-9-16/h3-10,13H,11-12,14H2,1-2H3,(H,19,21). The fourth-order valence-electron chi connectivity index (χ4n) is 2.21. The van der Waals surface area contributed by atoms with E-state index in [1.807, 2.05) is 56.4 Å². The average Bonchev–Trinajstić information content (AvgIpc) is 2.46. The number of hydrogen-bond donors (Lipinski definition) is 1. The van der Waals surface area contributed by atoms with Crippen molar-refractivity contribution in [3.05, 3.63) is 65.7 Å². The van der Waals surface area contributed by atoms with Gasteiger partial charge in [-0.2, -0.15) is 0 Å². The van der Waals surface area contributed by atoms with Crippen LogP contribution in [0.15, 0.2) is 54.6 Å². The zero-order chi connectivity index (χ0) is 15.1. The van der Waals surface area contributed by atoms with E-state index in [4.69, 9.17) is 0 Å². The van der Waals surface area contributed by atoms with Crippen LogP contribution in [0, 0.1) is 6.92 Å². The Balaban J connectivity index is 1.76. The average molecular weight is 282 g/mol. The van der Waals surface area contributed by atoms with Gasteiger partial charge >= 0.3 is 0 Å². The smallest absolute Gasteiger partial charge is 0.225 e. The van der Waals surface area contributed by atoms with Crippen molar-refractivity contribution in [3.63, 3.8) is 0 Å². The van der Waals surface area contributed by atoms with Crippen LogP contribution in [-0.4, -0.2) is 24.4 Å². The Kier molecular flexibility index (Phi) is 5.52. The summed E-state index contributed by atoms with van der Waals surface area (Å²) in [5.41, 5.74) is 3.28. The second-order valence-corrected chi connectivity index (χ2v) is 5.39. The van der Waals surface area contributed by atoms with E-state index in [9.17, 15) is 4.79 Å². The van der Waals surface area contributed by atoms with Crippen molar-refractivity contribution in [1.29, 1.82) is 0 Å². The molecule has 0 heterocycles. The molecule has 21 heavy (non-hydrogen) atoms. The largest absolute Gasteiger partial charge is 0.326 e. The van der Waals surface area contributed by atoms with Crippen LogP contribution >= 0.6 is 0 Å². The molecule has 1 amide bonds. The molecule has 0 radical (unpaired) electrons. The van der Waals surface area contributed by atoms with Crippen LogP contribution in [-0.2, 0) is 11.3 Å². The zero-order valence-corrected chi connectivity index (χ0v) is 12.7. The van der Waals surface area contributed by atoms with Crippen molar-refractivity contribution >= 4 is 11.6 Å². The molecule has 1 N–H and O–H groups in total. The maximum absolute atomic E-state index is 11.9. The van der Waals surface area contributed by atoms with Crippen LogP contribution in [0.4, 0.5) is 5.69 Å². The number of carbonyl (C=O) groups excluding carboxylic acids is 1. The summed E-state index contributed by atoms with van der Waals surface area (Å²) < 4.78 is 0. The van der Waals surface area contributed by atoms with Crippen molar-refractivity contribution in [3.8, 4) is 0 Å². The highest BCUT2D eigenvalue weighted by Crippen LogP contribution is 2.10. The second kappa shape index (κ2) is 7.60. The lowest BCUT2D eigenvalue weighted by molar-refractivity contribution is -0.116. The molecule has 2 rings (SSSR count). The summed E-state index contributed by atoms with van der Waals surface area (Å²) in [6.07, 6.45) is 0.497. The van der Waals surface area contributed by atoms with E-state index in [2.05, 4.69) is 22.3 Å². The number of rotatable bonds is 6. The molecular weight excluding hydrogens is 260 g/mol. The minimum absolute atomic E-state index is 0.0560. The highest BCUT2D eigenvalue weighted by atomic mass is 16.1. The van der Waals surface area contributed by atoms with E-state index < -0.39 is 0 Å². The number of amides is 1. The number of nitrogens with zero attached hydrogens (tertiary/aromatic N) is 1. The molecule has 3 nitrogen and oxygen atoms in total. The van der Waals surface area contributed by atoms with Gasteiger partial charge in [0.05, 0.1) is 0 Å². The third kappa shape index (κ3) is 5.40. The molecule has 3 heteroatoms. The highest BCUT2D eigenvalue weighted by Gasteiger charge is 2.06. The van der Waals surface area contributed by atoms with E-state index in [1.54, 1.807) is 0 Å². The molecule has 0 bridgehead atoms. The second-order valence-electron chi connectivity index (χ2n) is 5.39. The van der Waals surface area contributed by atoms with Crippen LogP contribution < -0.4 is 5.32 Å². The monoisotopic (exact) mass is 282 g/mol. The first-order valence-electron chi connectivity index (χ1n) is 7.22. The van der Waals surface area contributed by atoms with Gasteiger partial charge in [-0.15, -0.1) is 0 Å². The molecule has 2 aromatic rings. The van der Waals surface area contributed by atoms with Gasteiger partial charge in [-0.25, -0.2) is 0 Å². The summed E-state index contributed by atoms with van der Waals surface area (Å²) >= 11 is 0. The number of carbonyl (C=O) groups is 1. The summed E-state index contributed by atoms with van der Waals surface area (Å²) in [6.45, 7) is 3.62. The van der Waals surface area contributed by atoms with Crippen LogP contribution in [0.3, 0.4) is 0 Å². The van der Waals surface area contributed by atoms with Crippen molar-refractivity contribution in [2.24, 2.45) is 0 Å². The van der Waals surface area contributed by atoms with Gasteiger partial charge in [0.25, 0.3) is 0 Å². The molecule has 110 valence electrons. The van der Waals surface area contributed by atoms with E-state index in [0.717, 1.165) is 24.3 Å². The molecule has 0 saturated heterocycles. The molecular formula is C18H22N2O. The molecule has 0 aliphatic carbocycles. The first-order chi connectivity index (χ1) is 10.1. The molecule has 0 aliphatic heterocycles. The lowest BCUT2D eigenvalue weighted by Crippen LogP contribution is -2.24. The van der Waals surface area contributed by atoms with Gasteiger partial charge < -0.3 is 10.2 Å². The van der Waals surface area contributed by atoms with Crippen molar-refractivity contribution in [1.82, 2.24) is 4.90 Å². The molecule has 0 aliphatic rings. The fraction of sp³-hybridized carbons (Fsp3) is 0.278. The van der Waals surface area contributed by atoms with Crippen LogP contribution in [0.1, 0.15) is 17.5 Å². The minimum atomic E-state index is 0.0560. The van der Waals surface area contributed by atoms with Crippen molar-refractivity contribution < 1.29 is 4.79 Å². The highest BCUT2D eigenvalue weighted by molar-refractivity contribution is 5.90. The van der Waals surface area contributed by atoms with Gasteiger partial charge in [-0.3, -0.25) is 4.79 Å². The molecule has 0 unspecified atom stereocenters. The summed E-state index contributed by atoms with van der Waals surface area (Å²) in [6, 6.07) is 18.1. The Hall–Kier alpha value is -2.13. The Morgan fingerprint density at radius 1 is 1.10 bits per heavy atom. The van der Waals surface area contributed by atoms with Crippen molar-refractivity contribution in [2.45, 2.75) is 19.9 Å². The number of benzene rings is 2. The third-order valence-corrected chi connectivity index (χ3v) is 3.32. The van der Waals surface area contributed by atoms with Gasteiger partial charge in [0.15, 0.2) is 0 Å². The van der Waals surface area contributed by atoms with E-state index in [-0.39, 0.29) is 5.91 Å². The van der Waals surface area contributed by atoms with E-state index in [1.165, 1.54) is 5.56 Å². The summed E-state index contributed by atoms with van der Waals surface area (Å²) in [5, 5.41) is 2.94. The molecule has 0 saturated carbocycles. The maximum atomic E-state index is 11.9. The first kappa shape index (κ1) is 15.3. The predicted octanol–water partition coefficient (Wildman–Crippen LogP) is 3.46. The van der Waals surface area contributed by atoms with Crippen LogP contribution in [0.25, 0.3) is 0 Å². The Morgan fingerprint density at radius 3 is 2.57 bits per heavy atom. The normalized spacial score (nSPS) is 10.6. The third-order valence-electron chi connectivity index (χ3n) is 3.32. The Bertz CT molecular complexity index is 581. The van der Waals surface area contributed by atoms with Crippen LogP contribution in [0.5, 0.6) is 0 Å².